The average molecular weight is 911 g/mol. The predicted molar refractivity (Wildman–Crippen MR) is 283 cm³/mol. The van der Waals surface area contributed by atoms with E-state index < -0.39 is 6.10 Å². The summed E-state index contributed by atoms with van der Waals surface area (Å²) < 4.78 is 16.7. The first-order chi connectivity index (χ1) is 32.5. The molecule has 370 valence electrons. The molecule has 6 heteroatoms. The third kappa shape index (κ3) is 50.5. The van der Waals surface area contributed by atoms with Crippen molar-refractivity contribution < 1.29 is 28.6 Å². The van der Waals surface area contributed by atoms with Crippen LogP contribution in [0.2, 0.25) is 0 Å². The first-order valence-corrected chi connectivity index (χ1v) is 26.3. The summed E-state index contributed by atoms with van der Waals surface area (Å²) in [7, 11) is 0. The molecule has 0 saturated heterocycles. The van der Waals surface area contributed by atoms with Gasteiger partial charge in [-0.05, 0) is 96.3 Å². The monoisotopic (exact) mass is 911 g/mol. The molecule has 0 aliphatic heterocycles. The number of hydrogen-bond acceptors (Lipinski definition) is 6. The Morgan fingerprint density at radius 1 is 0.333 bits per heavy atom. The molecular formula is C60H94O6. The first kappa shape index (κ1) is 61.5. The van der Waals surface area contributed by atoms with E-state index in [-0.39, 0.29) is 44.0 Å². The smallest absolute Gasteiger partial charge is 0.306 e. The van der Waals surface area contributed by atoms with E-state index in [9.17, 15) is 14.4 Å². The highest BCUT2D eigenvalue weighted by Crippen LogP contribution is 2.14. The Balaban J connectivity index is 4.48. The number of rotatable bonds is 45. The second-order valence-corrected chi connectivity index (χ2v) is 16.8. The fraction of sp³-hybridized carbons (Fsp3) is 0.583. The van der Waals surface area contributed by atoms with Gasteiger partial charge < -0.3 is 14.2 Å². The van der Waals surface area contributed by atoms with Crippen molar-refractivity contribution >= 4 is 17.9 Å². The Morgan fingerprint density at radius 3 is 1.12 bits per heavy atom. The molecule has 0 aliphatic rings. The molecule has 0 saturated carbocycles. The van der Waals surface area contributed by atoms with Crippen LogP contribution in [-0.4, -0.2) is 37.2 Å². The van der Waals surface area contributed by atoms with Gasteiger partial charge in [-0.1, -0.05) is 225 Å². The van der Waals surface area contributed by atoms with Crippen molar-refractivity contribution in [3.05, 3.63) is 134 Å². The summed E-state index contributed by atoms with van der Waals surface area (Å²) in [5.41, 5.74) is 0. The third-order valence-corrected chi connectivity index (χ3v) is 10.5. The van der Waals surface area contributed by atoms with Crippen LogP contribution in [0, 0.1) is 0 Å². The van der Waals surface area contributed by atoms with Crippen molar-refractivity contribution in [2.75, 3.05) is 13.2 Å². The fourth-order valence-electron chi connectivity index (χ4n) is 6.63. The SMILES string of the molecule is CC/C=C\C/C=C\C/C=C\CCCCCCCCCCCC(=O)OCC(COC(=O)CCC/C=C\C/C=C\C/C=C\CC)OC(=O)CCCCCCC\C=C/C=C\C=C/C=C\C=C/CCC. The molecule has 0 heterocycles. The minimum Gasteiger partial charge on any atom is -0.462 e. The van der Waals surface area contributed by atoms with E-state index in [1.165, 1.54) is 44.9 Å². The Kier molecular flexibility index (Phi) is 49.6. The number of carbonyl (C=O) groups is 3. The molecule has 0 aromatic heterocycles. The highest BCUT2D eigenvalue weighted by molar-refractivity contribution is 5.71. The van der Waals surface area contributed by atoms with E-state index in [0.29, 0.717) is 12.8 Å². The summed E-state index contributed by atoms with van der Waals surface area (Å²) in [6.45, 7) is 6.23. The van der Waals surface area contributed by atoms with Crippen LogP contribution in [0.15, 0.2) is 134 Å². The van der Waals surface area contributed by atoms with Crippen molar-refractivity contribution in [2.45, 2.75) is 213 Å². The number of unbranched alkanes of at least 4 members (excludes halogenated alkanes) is 16. The molecule has 0 fully saturated rings. The lowest BCUT2D eigenvalue weighted by Gasteiger charge is -2.18. The normalized spacial score (nSPS) is 13.2. The molecule has 0 N–H and O–H groups in total. The standard InChI is InChI=1S/C60H94O6/c1-4-7-10-13-16-19-22-24-26-28-30-32-33-35-38-41-44-47-50-53-59(62)65-56-57(55-64-58(61)52-49-46-43-40-37-21-18-15-12-9-6-3)66-60(63)54-51-48-45-42-39-36-34-31-29-27-25-23-20-17-14-11-8-5-2/h7,9-12,14,16-21,23-27,29,31,34,40,43,57H,4-6,8,13,15,22,28,30,32-33,35-39,41-42,44-56H2,1-3H3/b10-7-,12-9-,14-11-,19-16-,20-17-,21-18-,25-23-,26-24-,29-27-,34-31-,43-40-. The van der Waals surface area contributed by atoms with E-state index in [1.807, 2.05) is 36.5 Å². The Labute approximate surface area is 405 Å². The van der Waals surface area contributed by atoms with Crippen LogP contribution in [0.25, 0.3) is 0 Å². The minimum atomic E-state index is -0.819. The predicted octanol–water partition coefficient (Wildman–Crippen LogP) is 17.5. The van der Waals surface area contributed by atoms with Crippen LogP contribution < -0.4 is 0 Å². The number of ether oxygens (including phenoxy) is 3. The fourth-order valence-corrected chi connectivity index (χ4v) is 6.63. The van der Waals surface area contributed by atoms with Crippen molar-refractivity contribution in [1.82, 2.24) is 0 Å². The molecule has 6 nitrogen and oxygen atoms in total. The zero-order chi connectivity index (χ0) is 47.9. The van der Waals surface area contributed by atoms with Gasteiger partial charge in [0, 0.05) is 19.3 Å². The number of hydrogen-bond donors (Lipinski definition) is 0. The van der Waals surface area contributed by atoms with Gasteiger partial charge in [0.2, 0.25) is 0 Å². The Hall–Kier alpha value is -4.45. The number of esters is 3. The van der Waals surface area contributed by atoms with Gasteiger partial charge >= 0.3 is 17.9 Å². The molecule has 0 bridgehead atoms. The van der Waals surface area contributed by atoms with Crippen molar-refractivity contribution in [1.29, 1.82) is 0 Å². The first-order valence-electron chi connectivity index (χ1n) is 26.3. The van der Waals surface area contributed by atoms with Gasteiger partial charge in [-0.3, -0.25) is 14.4 Å². The summed E-state index contributed by atoms with van der Waals surface area (Å²) in [6, 6.07) is 0. The highest BCUT2D eigenvalue weighted by Gasteiger charge is 2.19. The quantitative estimate of drug-likeness (QED) is 0.0199. The van der Waals surface area contributed by atoms with Gasteiger partial charge in [0.05, 0.1) is 0 Å². The van der Waals surface area contributed by atoms with Crippen LogP contribution in [-0.2, 0) is 28.6 Å². The van der Waals surface area contributed by atoms with Gasteiger partial charge in [-0.15, -0.1) is 0 Å². The zero-order valence-corrected chi connectivity index (χ0v) is 42.1. The van der Waals surface area contributed by atoms with Crippen LogP contribution in [0.4, 0.5) is 0 Å². The number of allylic oxidation sites excluding steroid dienone is 22. The highest BCUT2D eigenvalue weighted by atomic mass is 16.6. The lowest BCUT2D eigenvalue weighted by Crippen LogP contribution is -2.30. The molecule has 0 amide bonds. The molecule has 0 rings (SSSR count). The summed E-state index contributed by atoms with van der Waals surface area (Å²) in [5, 5.41) is 0. The largest absolute Gasteiger partial charge is 0.462 e. The lowest BCUT2D eigenvalue weighted by molar-refractivity contribution is -0.167. The van der Waals surface area contributed by atoms with Gasteiger partial charge in [-0.2, -0.15) is 0 Å². The second-order valence-electron chi connectivity index (χ2n) is 16.8. The third-order valence-electron chi connectivity index (χ3n) is 10.5. The van der Waals surface area contributed by atoms with Crippen molar-refractivity contribution in [3.63, 3.8) is 0 Å². The Morgan fingerprint density at radius 2 is 0.667 bits per heavy atom. The van der Waals surface area contributed by atoms with Crippen LogP contribution in [0.1, 0.15) is 207 Å². The van der Waals surface area contributed by atoms with Crippen LogP contribution in [0.3, 0.4) is 0 Å². The molecule has 0 spiro atoms. The second kappa shape index (κ2) is 53.2. The molecule has 66 heavy (non-hydrogen) atoms. The summed E-state index contributed by atoms with van der Waals surface area (Å²) >= 11 is 0. The van der Waals surface area contributed by atoms with E-state index >= 15 is 0 Å². The van der Waals surface area contributed by atoms with Gasteiger partial charge in [0.15, 0.2) is 6.10 Å². The topological polar surface area (TPSA) is 78.9 Å². The molecule has 0 radical (unpaired) electrons. The summed E-state index contributed by atoms with van der Waals surface area (Å²) in [6.07, 6.45) is 74.4. The van der Waals surface area contributed by atoms with Gasteiger partial charge in [0.1, 0.15) is 13.2 Å². The summed E-state index contributed by atoms with van der Waals surface area (Å²) in [4.78, 5) is 38.0. The molecule has 0 aromatic carbocycles. The Bertz CT molecular complexity index is 1460. The lowest BCUT2D eigenvalue weighted by atomic mass is 10.1. The molecule has 0 aliphatic carbocycles. The van der Waals surface area contributed by atoms with Gasteiger partial charge in [0.25, 0.3) is 0 Å². The van der Waals surface area contributed by atoms with Crippen molar-refractivity contribution in [3.8, 4) is 0 Å². The average Bonchev–Trinajstić information content (AvgIpc) is 3.31. The maximum absolute atomic E-state index is 12.8. The maximum atomic E-state index is 12.8. The summed E-state index contributed by atoms with van der Waals surface area (Å²) in [5.74, 6) is -1.01. The minimum absolute atomic E-state index is 0.112. The van der Waals surface area contributed by atoms with Crippen LogP contribution in [0.5, 0.6) is 0 Å². The molecule has 1 atom stereocenters. The van der Waals surface area contributed by atoms with Crippen molar-refractivity contribution in [2.24, 2.45) is 0 Å². The van der Waals surface area contributed by atoms with E-state index in [2.05, 4.69) is 118 Å². The molecular weight excluding hydrogens is 817 g/mol. The number of carbonyl (C=O) groups excluding carboxylic acids is 3. The molecule has 1 unspecified atom stereocenters. The zero-order valence-electron chi connectivity index (χ0n) is 42.1. The van der Waals surface area contributed by atoms with E-state index in [1.54, 1.807) is 0 Å². The van der Waals surface area contributed by atoms with E-state index in [4.69, 9.17) is 14.2 Å². The van der Waals surface area contributed by atoms with Crippen LogP contribution >= 0.6 is 0 Å². The molecule has 0 aromatic rings. The van der Waals surface area contributed by atoms with Gasteiger partial charge in [-0.25, -0.2) is 0 Å². The van der Waals surface area contributed by atoms with E-state index in [0.717, 1.165) is 116 Å². The maximum Gasteiger partial charge on any atom is 0.306 e.